The lowest BCUT2D eigenvalue weighted by molar-refractivity contribution is -0.139. The first-order chi connectivity index (χ1) is 9.22. The summed E-state index contributed by atoms with van der Waals surface area (Å²) < 4.78 is 38.8. The number of amides is 1. The van der Waals surface area contributed by atoms with Gasteiger partial charge in [0.1, 0.15) is 6.04 Å². The topological polar surface area (TPSA) is 66.4 Å². The highest BCUT2D eigenvalue weighted by Crippen LogP contribution is 2.14. The second-order valence-electron chi connectivity index (χ2n) is 4.75. The van der Waals surface area contributed by atoms with E-state index in [2.05, 4.69) is 5.32 Å². The number of aliphatic carboxylic acids is 1. The van der Waals surface area contributed by atoms with E-state index in [-0.39, 0.29) is 12.3 Å². The first-order valence-corrected chi connectivity index (χ1v) is 5.90. The summed E-state index contributed by atoms with van der Waals surface area (Å²) in [6.45, 7) is 3.53. The van der Waals surface area contributed by atoms with Crippen molar-refractivity contribution in [1.82, 2.24) is 5.32 Å². The Morgan fingerprint density at radius 3 is 2.10 bits per heavy atom. The molecule has 1 amide bonds. The fourth-order valence-electron chi connectivity index (χ4n) is 1.62. The minimum Gasteiger partial charge on any atom is -0.480 e. The van der Waals surface area contributed by atoms with Crippen LogP contribution < -0.4 is 5.32 Å². The summed E-state index contributed by atoms with van der Waals surface area (Å²) in [5.74, 6) is -6.93. The van der Waals surface area contributed by atoms with Crippen molar-refractivity contribution >= 4 is 11.9 Å². The number of nitrogens with one attached hydrogen (secondary N) is 1. The van der Waals surface area contributed by atoms with Gasteiger partial charge in [0.2, 0.25) is 0 Å². The summed E-state index contributed by atoms with van der Waals surface area (Å²) in [6, 6.07) is -0.150. The van der Waals surface area contributed by atoms with Crippen molar-refractivity contribution in [2.45, 2.75) is 26.3 Å². The predicted octanol–water partition coefficient (Wildman–Crippen LogP) is 2.33. The Morgan fingerprint density at radius 1 is 1.20 bits per heavy atom. The van der Waals surface area contributed by atoms with E-state index in [4.69, 9.17) is 5.11 Å². The molecule has 0 fully saturated rings. The molecule has 0 aromatic heterocycles. The fraction of sp³-hybridized carbons (Fsp3) is 0.385. The van der Waals surface area contributed by atoms with Crippen molar-refractivity contribution < 1.29 is 27.9 Å². The van der Waals surface area contributed by atoms with E-state index in [1.807, 2.05) is 0 Å². The van der Waals surface area contributed by atoms with Gasteiger partial charge in [0.25, 0.3) is 5.91 Å². The molecule has 0 saturated carbocycles. The molecule has 7 heteroatoms. The van der Waals surface area contributed by atoms with Crippen LogP contribution in [0.5, 0.6) is 0 Å². The summed E-state index contributed by atoms with van der Waals surface area (Å²) in [4.78, 5) is 22.7. The Hall–Kier alpha value is -2.05. The molecule has 1 atom stereocenters. The van der Waals surface area contributed by atoms with Gasteiger partial charge in [0.05, 0.1) is 0 Å². The fourth-order valence-corrected chi connectivity index (χ4v) is 1.62. The zero-order chi connectivity index (χ0) is 15.4. The monoisotopic (exact) mass is 289 g/mol. The number of carboxylic acids is 1. The van der Waals surface area contributed by atoms with Crippen LogP contribution in [0.25, 0.3) is 0 Å². The number of benzene rings is 1. The van der Waals surface area contributed by atoms with Gasteiger partial charge in [-0.2, -0.15) is 0 Å². The minimum absolute atomic E-state index is 0.00177. The van der Waals surface area contributed by atoms with Gasteiger partial charge >= 0.3 is 5.97 Å². The van der Waals surface area contributed by atoms with Crippen LogP contribution in [0.15, 0.2) is 12.1 Å². The van der Waals surface area contributed by atoms with Crippen molar-refractivity contribution in [3.8, 4) is 0 Å². The number of halogens is 3. The lowest BCUT2D eigenvalue weighted by Crippen LogP contribution is -2.41. The standard InChI is InChI=1S/C13H14F3NO3/c1-6(2)3-10(13(19)20)17-12(18)7-4-8(14)11(16)9(15)5-7/h4-6,10H,3H2,1-2H3,(H,17,18)(H,19,20)/t10-/m1/s1. The molecule has 1 aromatic rings. The van der Waals surface area contributed by atoms with E-state index in [1.165, 1.54) is 0 Å². The number of carboxylic acid groups (broad SMARTS) is 1. The number of hydrogen-bond acceptors (Lipinski definition) is 2. The Bertz CT molecular complexity index is 509. The van der Waals surface area contributed by atoms with E-state index in [0.29, 0.717) is 12.1 Å². The molecular weight excluding hydrogens is 275 g/mol. The maximum absolute atomic E-state index is 13.0. The third-order valence-corrected chi connectivity index (χ3v) is 2.56. The van der Waals surface area contributed by atoms with E-state index < -0.39 is 40.9 Å². The lowest BCUT2D eigenvalue weighted by atomic mass is 10.0. The number of carbonyl (C=O) groups is 2. The van der Waals surface area contributed by atoms with Crippen molar-refractivity contribution in [2.24, 2.45) is 5.92 Å². The Kier molecular flexibility index (Phi) is 5.12. The third-order valence-electron chi connectivity index (χ3n) is 2.56. The molecule has 0 aliphatic rings. The van der Waals surface area contributed by atoms with E-state index in [9.17, 15) is 22.8 Å². The van der Waals surface area contributed by atoms with Crippen LogP contribution >= 0.6 is 0 Å². The molecule has 1 rings (SSSR count). The second kappa shape index (κ2) is 6.40. The third kappa shape index (κ3) is 3.97. The summed E-state index contributed by atoms with van der Waals surface area (Å²) in [5.41, 5.74) is -0.476. The van der Waals surface area contributed by atoms with E-state index >= 15 is 0 Å². The first-order valence-electron chi connectivity index (χ1n) is 5.90. The van der Waals surface area contributed by atoms with Gasteiger partial charge in [-0.25, -0.2) is 18.0 Å². The van der Waals surface area contributed by atoms with Crippen molar-refractivity contribution in [2.75, 3.05) is 0 Å². The molecule has 110 valence electrons. The number of rotatable bonds is 5. The Balaban J connectivity index is 2.92. The van der Waals surface area contributed by atoms with Crippen LogP contribution in [0.3, 0.4) is 0 Å². The van der Waals surface area contributed by atoms with Crippen LogP contribution in [0.4, 0.5) is 13.2 Å². The number of carbonyl (C=O) groups excluding carboxylic acids is 1. The molecule has 20 heavy (non-hydrogen) atoms. The molecular formula is C13H14F3NO3. The van der Waals surface area contributed by atoms with Gasteiger partial charge in [-0.15, -0.1) is 0 Å². The highest BCUT2D eigenvalue weighted by atomic mass is 19.2. The van der Waals surface area contributed by atoms with E-state index in [0.717, 1.165) is 0 Å². The zero-order valence-corrected chi connectivity index (χ0v) is 10.9. The van der Waals surface area contributed by atoms with Crippen LogP contribution in [-0.2, 0) is 4.79 Å². The maximum atomic E-state index is 13.0. The van der Waals surface area contributed by atoms with Crippen LogP contribution in [0.1, 0.15) is 30.6 Å². The van der Waals surface area contributed by atoms with Crippen molar-refractivity contribution in [3.63, 3.8) is 0 Å². The van der Waals surface area contributed by atoms with Crippen LogP contribution in [-0.4, -0.2) is 23.0 Å². The molecule has 0 bridgehead atoms. The molecule has 0 radical (unpaired) electrons. The smallest absolute Gasteiger partial charge is 0.326 e. The molecule has 0 aliphatic carbocycles. The summed E-state index contributed by atoms with van der Waals surface area (Å²) in [5, 5.41) is 11.1. The summed E-state index contributed by atoms with van der Waals surface area (Å²) in [6.07, 6.45) is 0.160. The van der Waals surface area contributed by atoms with Gasteiger partial charge < -0.3 is 10.4 Å². The number of hydrogen-bond donors (Lipinski definition) is 2. The van der Waals surface area contributed by atoms with Gasteiger partial charge in [0.15, 0.2) is 17.5 Å². The lowest BCUT2D eigenvalue weighted by Gasteiger charge is -2.16. The van der Waals surface area contributed by atoms with Gasteiger partial charge in [0, 0.05) is 5.56 Å². The SMILES string of the molecule is CC(C)C[C@@H](NC(=O)c1cc(F)c(F)c(F)c1)C(=O)O. The summed E-state index contributed by atoms with van der Waals surface area (Å²) in [7, 11) is 0. The summed E-state index contributed by atoms with van der Waals surface area (Å²) >= 11 is 0. The molecule has 0 saturated heterocycles. The Morgan fingerprint density at radius 2 is 1.70 bits per heavy atom. The highest BCUT2D eigenvalue weighted by molar-refractivity contribution is 5.96. The van der Waals surface area contributed by atoms with Gasteiger partial charge in [-0.05, 0) is 24.5 Å². The molecule has 4 nitrogen and oxygen atoms in total. The molecule has 0 heterocycles. The minimum atomic E-state index is -1.68. The normalized spacial score (nSPS) is 12.3. The van der Waals surface area contributed by atoms with Gasteiger partial charge in [-0.1, -0.05) is 13.8 Å². The van der Waals surface area contributed by atoms with E-state index in [1.54, 1.807) is 13.8 Å². The van der Waals surface area contributed by atoms with Gasteiger partial charge in [-0.3, -0.25) is 4.79 Å². The van der Waals surface area contributed by atoms with Crippen LogP contribution in [0, 0.1) is 23.4 Å². The molecule has 0 aliphatic heterocycles. The first kappa shape index (κ1) is 16.0. The highest BCUT2D eigenvalue weighted by Gasteiger charge is 2.23. The average molecular weight is 289 g/mol. The zero-order valence-electron chi connectivity index (χ0n) is 10.9. The van der Waals surface area contributed by atoms with Crippen LogP contribution in [0.2, 0.25) is 0 Å². The Labute approximate surface area is 113 Å². The molecule has 0 spiro atoms. The quantitative estimate of drug-likeness (QED) is 0.818. The maximum Gasteiger partial charge on any atom is 0.326 e. The molecule has 2 N–H and O–H groups in total. The molecule has 1 aromatic carbocycles. The average Bonchev–Trinajstić information content (AvgIpc) is 2.33. The molecule has 0 unspecified atom stereocenters. The largest absolute Gasteiger partial charge is 0.480 e. The second-order valence-corrected chi connectivity index (χ2v) is 4.75. The van der Waals surface area contributed by atoms with Crippen molar-refractivity contribution in [1.29, 1.82) is 0 Å². The predicted molar refractivity (Wildman–Crippen MR) is 64.7 cm³/mol. The van der Waals surface area contributed by atoms with Crippen molar-refractivity contribution in [3.05, 3.63) is 35.1 Å².